The Morgan fingerprint density at radius 1 is 1.29 bits per heavy atom. The van der Waals surface area contributed by atoms with Gasteiger partial charge < -0.3 is 9.05 Å². The van der Waals surface area contributed by atoms with Crippen molar-refractivity contribution in [2.45, 2.75) is 27.7 Å². The maximum Gasteiger partial charge on any atom is 0.351 e. The van der Waals surface area contributed by atoms with Crippen LogP contribution >= 0.6 is 7.60 Å². The van der Waals surface area contributed by atoms with Crippen molar-refractivity contribution in [3.63, 3.8) is 0 Å². The Kier molecular flexibility index (Phi) is 7.06. The standard InChI is InChI=1S/C9H20NO3P/c1-5-12-14(11,13-6-2)8-10-7-9(3)4/h7,9H,5-6,8H2,1-4H3/b10-7+. The Bertz CT molecular complexity index is 206. The van der Waals surface area contributed by atoms with E-state index in [0.717, 1.165) is 0 Å². The Hall–Kier alpha value is -0.180. The zero-order valence-electron chi connectivity index (χ0n) is 9.40. The van der Waals surface area contributed by atoms with Gasteiger partial charge in [-0.1, -0.05) is 13.8 Å². The van der Waals surface area contributed by atoms with Crippen molar-refractivity contribution in [1.29, 1.82) is 0 Å². The highest BCUT2D eigenvalue weighted by atomic mass is 31.2. The van der Waals surface area contributed by atoms with Gasteiger partial charge in [-0.05, 0) is 19.8 Å². The van der Waals surface area contributed by atoms with Gasteiger partial charge in [0, 0.05) is 6.21 Å². The van der Waals surface area contributed by atoms with Crippen LogP contribution in [-0.2, 0) is 13.6 Å². The van der Waals surface area contributed by atoms with Gasteiger partial charge in [-0.2, -0.15) is 0 Å². The van der Waals surface area contributed by atoms with Crippen LogP contribution in [0.5, 0.6) is 0 Å². The number of aliphatic imine (C=N–C) groups is 1. The average molecular weight is 221 g/mol. The van der Waals surface area contributed by atoms with Crippen molar-refractivity contribution in [1.82, 2.24) is 0 Å². The number of hydrogen-bond donors (Lipinski definition) is 0. The summed E-state index contributed by atoms with van der Waals surface area (Å²) in [5, 5.41) is 0. The molecule has 14 heavy (non-hydrogen) atoms. The third-order valence-electron chi connectivity index (χ3n) is 1.31. The van der Waals surface area contributed by atoms with E-state index < -0.39 is 7.60 Å². The van der Waals surface area contributed by atoms with Crippen LogP contribution in [0.25, 0.3) is 0 Å². The maximum absolute atomic E-state index is 11.8. The van der Waals surface area contributed by atoms with Gasteiger partial charge >= 0.3 is 7.60 Å². The topological polar surface area (TPSA) is 47.9 Å². The van der Waals surface area contributed by atoms with Crippen molar-refractivity contribution in [3.8, 4) is 0 Å². The maximum atomic E-state index is 11.8. The molecular weight excluding hydrogens is 201 g/mol. The van der Waals surface area contributed by atoms with Gasteiger partial charge in [0.1, 0.15) is 6.29 Å². The summed E-state index contributed by atoms with van der Waals surface area (Å²) in [6.45, 7) is 8.37. The molecule has 0 aromatic carbocycles. The molecule has 0 unspecified atom stereocenters. The second-order valence-electron chi connectivity index (χ2n) is 3.16. The molecule has 0 saturated heterocycles. The van der Waals surface area contributed by atoms with Crippen LogP contribution in [0, 0.1) is 5.92 Å². The largest absolute Gasteiger partial charge is 0.351 e. The Morgan fingerprint density at radius 3 is 2.14 bits per heavy atom. The van der Waals surface area contributed by atoms with Crippen LogP contribution in [0.15, 0.2) is 4.99 Å². The molecule has 0 radical (unpaired) electrons. The second-order valence-corrected chi connectivity index (χ2v) is 5.18. The van der Waals surface area contributed by atoms with E-state index in [4.69, 9.17) is 9.05 Å². The quantitative estimate of drug-likeness (QED) is 0.490. The van der Waals surface area contributed by atoms with Gasteiger partial charge in [0.05, 0.1) is 13.2 Å². The Labute approximate surface area is 86.2 Å². The first kappa shape index (κ1) is 13.8. The van der Waals surface area contributed by atoms with Crippen molar-refractivity contribution in [3.05, 3.63) is 0 Å². The highest BCUT2D eigenvalue weighted by Gasteiger charge is 2.22. The first-order valence-corrected chi connectivity index (χ1v) is 6.65. The van der Waals surface area contributed by atoms with Crippen LogP contribution in [0.2, 0.25) is 0 Å². The van der Waals surface area contributed by atoms with E-state index in [-0.39, 0.29) is 6.29 Å². The summed E-state index contributed by atoms with van der Waals surface area (Å²) < 4.78 is 22.0. The lowest BCUT2D eigenvalue weighted by Gasteiger charge is -2.14. The molecule has 5 heteroatoms. The normalized spacial score (nSPS) is 12.9. The van der Waals surface area contributed by atoms with Crippen LogP contribution in [0.1, 0.15) is 27.7 Å². The molecule has 4 nitrogen and oxygen atoms in total. The van der Waals surface area contributed by atoms with E-state index in [1.807, 2.05) is 13.8 Å². The third-order valence-corrected chi connectivity index (χ3v) is 3.12. The first-order chi connectivity index (χ1) is 6.54. The molecule has 0 aromatic heterocycles. The molecule has 0 saturated carbocycles. The van der Waals surface area contributed by atoms with Crippen LogP contribution in [0.4, 0.5) is 0 Å². The molecule has 0 heterocycles. The lowest BCUT2D eigenvalue weighted by molar-refractivity contribution is 0.221. The molecule has 0 aromatic rings. The van der Waals surface area contributed by atoms with Gasteiger partial charge in [-0.3, -0.25) is 9.56 Å². The van der Waals surface area contributed by atoms with Crippen molar-refractivity contribution in [2.24, 2.45) is 10.9 Å². The molecule has 0 amide bonds. The molecule has 84 valence electrons. The lowest BCUT2D eigenvalue weighted by Crippen LogP contribution is -1.99. The number of rotatable bonds is 7. The minimum atomic E-state index is -2.97. The zero-order chi connectivity index (χ0) is 11.0. The Morgan fingerprint density at radius 2 is 1.79 bits per heavy atom. The number of hydrogen-bond acceptors (Lipinski definition) is 4. The second kappa shape index (κ2) is 7.16. The van der Waals surface area contributed by atoms with Crippen molar-refractivity contribution < 1.29 is 13.6 Å². The highest BCUT2D eigenvalue weighted by Crippen LogP contribution is 2.47. The summed E-state index contributed by atoms with van der Waals surface area (Å²) in [4.78, 5) is 4.04. The summed E-state index contributed by atoms with van der Waals surface area (Å²) >= 11 is 0. The summed E-state index contributed by atoms with van der Waals surface area (Å²) in [6, 6.07) is 0. The molecule has 0 N–H and O–H groups in total. The zero-order valence-corrected chi connectivity index (χ0v) is 10.3. The number of nitrogens with zero attached hydrogens (tertiary/aromatic N) is 1. The fourth-order valence-corrected chi connectivity index (χ4v) is 2.19. The van der Waals surface area contributed by atoms with Gasteiger partial charge in [-0.15, -0.1) is 0 Å². The monoisotopic (exact) mass is 221 g/mol. The molecule has 0 atom stereocenters. The summed E-state index contributed by atoms with van der Waals surface area (Å²) in [6.07, 6.45) is 1.87. The molecule has 0 fully saturated rings. The van der Waals surface area contributed by atoms with Crippen LogP contribution < -0.4 is 0 Å². The predicted molar refractivity (Wildman–Crippen MR) is 59.1 cm³/mol. The van der Waals surface area contributed by atoms with E-state index in [0.29, 0.717) is 19.1 Å². The van der Waals surface area contributed by atoms with E-state index in [1.165, 1.54) is 0 Å². The van der Waals surface area contributed by atoms with Crippen LogP contribution in [-0.4, -0.2) is 25.7 Å². The van der Waals surface area contributed by atoms with Gasteiger partial charge in [0.25, 0.3) is 0 Å². The summed E-state index contributed by atoms with van der Waals surface area (Å²) in [7, 11) is -2.97. The molecule has 0 bridgehead atoms. The van der Waals surface area contributed by atoms with E-state index in [9.17, 15) is 4.57 Å². The minimum Gasteiger partial charge on any atom is -0.308 e. The first-order valence-electron chi connectivity index (χ1n) is 4.92. The Balaban J connectivity index is 4.15. The minimum absolute atomic E-state index is 0.118. The van der Waals surface area contributed by atoms with Crippen molar-refractivity contribution in [2.75, 3.05) is 19.5 Å². The van der Waals surface area contributed by atoms with Gasteiger partial charge in [0.2, 0.25) is 0 Å². The van der Waals surface area contributed by atoms with Gasteiger partial charge in [-0.25, -0.2) is 0 Å². The summed E-state index contributed by atoms with van der Waals surface area (Å²) in [5.41, 5.74) is 0. The van der Waals surface area contributed by atoms with E-state index >= 15 is 0 Å². The smallest absolute Gasteiger partial charge is 0.308 e. The van der Waals surface area contributed by atoms with E-state index in [2.05, 4.69) is 4.99 Å². The fourth-order valence-electron chi connectivity index (χ4n) is 0.870. The lowest BCUT2D eigenvalue weighted by atomic mass is 10.3. The molecule has 0 aliphatic heterocycles. The molecular formula is C9H20NO3P. The fraction of sp³-hybridized carbons (Fsp3) is 0.889. The molecule has 0 aliphatic carbocycles. The highest BCUT2D eigenvalue weighted by molar-refractivity contribution is 7.53. The van der Waals surface area contributed by atoms with Gasteiger partial charge in [0.15, 0.2) is 0 Å². The van der Waals surface area contributed by atoms with Crippen LogP contribution in [0.3, 0.4) is 0 Å². The van der Waals surface area contributed by atoms with Crippen molar-refractivity contribution >= 4 is 13.8 Å². The molecule has 0 spiro atoms. The summed E-state index contributed by atoms with van der Waals surface area (Å²) in [5.74, 6) is 0.353. The predicted octanol–water partition coefficient (Wildman–Crippen LogP) is 2.94. The van der Waals surface area contributed by atoms with E-state index in [1.54, 1.807) is 20.1 Å². The third kappa shape index (κ3) is 6.30. The molecule has 0 rings (SSSR count). The average Bonchev–Trinajstić information content (AvgIpc) is 2.03. The molecule has 0 aliphatic rings. The SMILES string of the molecule is CCOP(=O)(C/N=C/C(C)C)OCC.